The lowest BCUT2D eigenvalue weighted by molar-refractivity contribution is 0.0954. The van der Waals surface area contributed by atoms with E-state index in [1.165, 1.54) is 38.6 Å². The Labute approximate surface area is 194 Å². The number of methoxy groups -OCH3 is 2. The third-order valence-electron chi connectivity index (χ3n) is 4.21. The highest BCUT2D eigenvalue weighted by Crippen LogP contribution is 2.29. The zero-order valence-electron chi connectivity index (χ0n) is 17.1. The number of halogens is 1. The maximum Gasteiger partial charge on any atom is 0.339 e. The van der Waals surface area contributed by atoms with Crippen LogP contribution in [0.4, 0.5) is 0 Å². The van der Waals surface area contributed by atoms with Gasteiger partial charge in [0.05, 0.1) is 24.9 Å². The van der Waals surface area contributed by atoms with Crippen LogP contribution in [0.15, 0.2) is 81.2 Å². The van der Waals surface area contributed by atoms with Gasteiger partial charge in [0.2, 0.25) is 0 Å². The van der Waals surface area contributed by atoms with Gasteiger partial charge in [0, 0.05) is 5.56 Å². The van der Waals surface area contributed by atoms with Crippen LogP contribution >= 0.6 is 15.9 Å². The van der Waals surface area contributed by atoms with Crippen molar-refractivity contribution in [2.45, 2.75) is 4.90 Å². The van der Waals surface area contributed by atoms with E-state index in [0.717, 1.165) is 0 Å². The fraction of sp³-hybridized carbons (Fsp3) is 0.0909. The van der Waals surface area contributed by atoms with Crippen LogP contribution in [0.1, 0.15) is 15.9 Å². The van der Waals surface area contributed by atoms with Gasteiger partial charge in [-0.05, 0) is 70.0 Å². The van der Waals surface area contributed by atoms with Crippen molar-refractivity contribution in [2.75, 3.05) is 14.2 Å². The van der Waals surface area contributed by atoms with Crippen molar-refractivity contribution in [3.63, 3.8) is 0 Å². The molecule has 0 bridgehead atoms. The average molecular weight is 519 g/mol. The van der Waals surface area contributed by atoms with Crippen molar-refractivity contribution in [1.82, 2.24) is 5.43 Å². The first kappa shape index (κ1) is 23.3. The van der Waals surface area contributed by atoms with E-state index < -0.39 is 16.0 Å². The lowest BCUT2D eigenvalue weighted by Gasteiger charge is -2.09. The van der Waals surface area contributed by atoms with Crippen LogP contribution in [0, 0.1) is 0 Å². The number of carbonyl (C=O) groups is 1. The minimum absolute atomic E-state index is 0.0513. The zero-order valence-corrected chi connectivity index (χ0v) is 19.5. The van der Waals surface area contributed by atoms with E-state index in [9.17, 15) is 13.2 Å². The smallest absolute Gasteiger partial charge is 0.339 e. The van der Waals surface area contributed by atoms with Gasteiger partial charge in [0.25, 0.3) is 5.91 Å². The van der Waals surface area contributed by atoms with Crippen LogP contribution in [0.3, 0.4) is 0 Å². The molecule has 8 nitrogen and oxygen atoms in total. The number of amides is 1. The van der Waals surface area contributed by atoms with Crippen LogP contribution in [-0.2, 0) is 10.1 Å². The first-order valence-corrected chi connectivity index (χ1v) is 11.4. The second-order valence-corrected chi connectivity index (χ2v) is 8.71. The maximum absolute atomic E-state index is 12.4. The summed E-state index contributed by atoms with van der Waals surface area (Å²) in [5.74, 6) is 0.624. The van der Waals surface area contributed by atoms with Crippen molar-refractivity contribution in [2.24, 2.45) is 5.10 Å². The molecule has 0 saturated carbocycles. The molecule has 0 spiro atoms. The molecule has 3 rings (SSSR count). The molecule has 0 radical (unpaired) electrons. The number of nitrogens with one attached hydrogen (secondary N) is 1. The molecule has 166 valence electrons. The maximum atomic E-state index is 12.4. The van der Waals surface area contributed by atoms with Crippen LogP contribution in [0.25, 0.3) is 0 Å². The Morgan fingerprint density at radius 3 is 2.28 bits per heavy atom. The van der Waals surface area contributed by atoms with Crippen molar-refractivity contribution >= 4 is 38.2 Å². The van der Waals surface area contributed by atoms with Gasteiger partial charge in [-0.3, -0.25) is 4.79 Å². The first-order valence-electron chi connectivity index (χ1n) is 9.18. The van der Waals surface area contributed by atoms with E-state index in [0.29, 0.717) is 27.1 Å². The normalized spacial score (nSPS) is 11.2. The number of ether oxygens (including phenoxy) is 2. The Hall–Kier alpha value is -3.37. The Morgan fingerprint density at radius 2 is 1.62 bits per heavy atom. The molecule has 10 heteroatoms. The predicted molar refractivity (Wildman–Crippen MR) is 123 cm³/mol. The van der Waals surface area contributed by atoms with Gasteiger partial charge in [0.15, 0.2) is 17.2 Å². The van der Waals surface area contributed by atoms with Gasteiger partial charge in [-0.1, -0.05) is 18.2 Å². The van der Waals surface area contributed by atoms with Crippen molar-refractivity contribution in [3.8, 4) is 17.2 Å². The topological polar surface area (TPSA) is 103 Å². The Kier molecular flexibility index (Phi) is 7.49. The molecule has 1 N–H and O–H groups in total. The van der Waals surface area contributed by atoms with Crippen LogP contribution in [0.2, 0.25) is 0 Å². The molecule has 0 heterocycles. The third kappa shape index (κ3) is 5.65. The molecular formula is C22H19BrN2O6S. The average Bonchev–Trinajstić information content (AvgIpc) is 2.80. The summed E-state index contributed by atoms with van der Waals surface area (Å²) in [5, 5.41) is 3.93. The lowest BCUT2D eigenvalue weighted by Crippen LogP contribution is -2.17. The summed E-state index contributed by atoms with van der Waals surface area (Å²) in [4.78, 5) is 12.3. The number of hydrogen-bond acceptors (Lipinski definition) is 7. The summed E-state index contributed by atoms with van der Waals surface area (Å²) in [6.07, 6.45) is 1.42. The zero-order chi connectivity index (χ0) is 23.1. The molecule has 0 fully saturated rings. The highest BCUT2D eigenvalue weighted by molar-refractivity contribution is 9.10. The fourth-order valence-corrected chi connectivity index (χ4v) is 4.18. The van der Waals surface area contributed by atoms with Gasteiger partial charge < -0.3 is 13.7 Å². The molecular weight excluding hydrogens is 500 g/mol. The third-order valence-corrected chi connectivity index (χ3v) is 6.08. The SMILES string of the molecule is COc1ccc(C(=O)N/N=C/c2ccc(OS(=O)(=O)c3ccccc3)c(Br)c2)cc1OC. The van der Waals surface area contributed by atoms with Crippen LogP contribution < -0.4 is 19.1 Å². The Balaban J connectivity index is 1.67. The summed E-state index contributed by atoms with van der Waals surface area (Å²) < 4.78 is 40.7. The van der Waals surface area contributed by atoms with Gasteiger partial charge in [-0.25, -0.2) is 5.43 Å². The summed E-state index contributed by atoms with van der Waals surface area (Å²) in [6, 6.07) is 17.3. The van der Waals surface area contributed by atoms with E-state index in [-0.39, 0.29) is 10.6 Å². The second kappa shape index (κ2) is 10.3. The van der Waals surface area contributed by atoms with Gasteiger partial charge >= 0.3 is 10.1 Å². The highest BCUT2D eigenvalue weighted by atomic mass is 79.9. The first-order chi connectivity index (χ1) is 15.3. The minimum atomic E-state index is -3.96. The molecule has 0 aliphatic carbocycles. The summed E-state index contributed by atoms with van der Waals surface area (Å²) in [7, 11) is -0.971. The molecule has 0 aliphatic heterocycles. The molecule has 0 unspecified atom stereocenters. The van der Waals surface area contributed by atoms with E-state index in [1.54, 1.807) is 48.5 Å². The van der Waals surface area contributed by atoms with Gasteiger partial charge in [-0.2, -0.15) is 13.5 Å². The summed E-state index contributed by atoms with van der Waals surface area (Å²) in [5.41, 5.74) is 3.37. The number of carbonyl (C=O) groups excluding carboxylic acids is 1. The lowest BCUT2D eigenvalue weighted by atomic mass is 10.2. The molecule has 3 aromatic carbocycles. The van der Waals surface area contributed by atoms with Crippen molar-refractivity contribution in [3.05, 3.63) is 82.3 Å². The molecule has 32 heavy (non-hydrogen) atoms. The number of rotatable bonds is 8. The van der Waals surface area contributed by atoms with E-state index in [2.05, 4.69) is 26.5 Å². The van der Waals surface area contributed by atoms with E-state index in [4.69, 9.17) is 13.7 Å². The van der Waals surface area contributed by atoms with Crippen LogP contribution in [-0.4, -0.2) is 34.8 Å². The molecule has 0 aliphatic rings. The van der Waals surface area contributed by atoms with Gasteiger partial charge in [0.1, 0.15) is 4.90 Å². The van der Waals surface area contributed by atoms with Crippen LogP contribution in [0.5, 0.6) is 17.2 Å². The number of nitrogens with zero attached hydrogens (tertiary/aromatic N) is 1. The van der Waals surface area contributed by atoms with Crippen molar-refractivity contribution < 1.29 is 26.9 Å². The van der Waals surface area contributed by atoms with Gasteiger partial charge in [-0.15, -0.1) is 0 Å². The number of hydrazone groups is 1. The molecule has 0 saturated heterocycles. The minimum Gasteiger partial charge on any atom is -0.493 e. The monoisotopic (exact) mass is 518 g/mol. The summed E-state index contributed by atoms with van der Waals surface area (Å²) in [6.45, 7) is 0. The number of hydrogen-bond donors (Lipinski definition) is 1. The van der Waals surface area contributed by atoms with E-state index >= 15 is 0 Å². The fourth-order valence-electron chi connectivity index (χ4n) is 2.63. The number of benzene rings is 3. The Bertz CT molecular complexity index is 1250. The molecule has 0 atom stereocenters. The highest BCUT2D eigenvalue weighted by Gasteiger charge is 2.17. The van der Waals surface area contributed by atoms with Crippen molar-refractivity contribution in [1.29, 1.82) is 0 Å². The standard InChI is InChI=1S/C22H19BrN2O6S/c1-29-20-11-9-16(13-21(20)30-2)22(26)25-24-14-15-8-10-19(18(23)12-15)31-32(27,28)17-6-4-3-5-7-17/h3-14H,1-2H3,(H,25,26)/b24-14+. The predicted octanol–water partition coefficient (Wildman–Crippen LogP) is 4.00. The second-order valence-electron chi connectivity index (χ2n) is 6.31. The molecule has 1 amide bonds. The molecule has 3 aromatic rings. The summed E-state index contributed by atoms with van der Waals surface area (Å²) >= 11 is 3.30. The molecule has 0 aromatic heterocycles. The van der Waals surface area contributed by atoms with E-state index in [1.807, 2.05) is 0 Å². The largest absolute Gasteiger partial charge is 0.493 e. The quantitative estimate of drug-likeness (QED) is 0.274. The Morgan fingerprint density at radius 1 is 0.938 bits per heavy atom.